The Morgan fingerprint density at radius 1 is 1.30 bits per heavy atom. The van der Waals surface area contributed by atoms with Crippen molar-refractivity contribution in [1.29, 1.82) is 0 Å². The lowest BCUT2D eigenvalue weighted by atomic mass is 9.84. The van der Waals surface area contributed by atoms with Gasteiger partial charge in [0.2, 0.25) is 0 Å². The predicted octanol–water partition coefficient (Wildman–Crippen LogP) is 5.19. The third-order valence-corrected chi connectivity index (χ3v) is 5.45. The van der Waals surface area contributed by atoms with E-state index in [4.69, 9.17) is 21.1 Å². The summed E-state index contributed by atoms with van der Waals surface area (Å²) in [5.41, 5.74) is 1.11. The van der Waals surface area contributed by atoms with Crippen molar-refractivity contribution in [2.24, 2.45) is 11.8 Å². The fourth-order valence-electron chi connectivity index (χ4n) is 2.99. The van der Waals surface area contributed by atoms with Crippen molar-refractivity contribution in [2.45, 2.75) is 45.3 Å². The number of halogens is 2. The SMILES string of the molecule is CCOc1ccc(C(Cl)C2C(C)OC(C)C2C)c(Br)c1. The third-order valence-electron chi connectivity index (χ3n) is 4.24. The van der Waals surface area contributed by atoms with Gasteiger partial charge in [-0.25, -0.2) is 0 Å². The minimum atomic E-state index is -0.0602. The molecule has 4 heteroatoms. The standard InChI is InChI=1S/C16H22BrClO2/c1-5-19-12-6-7-13(14(17)8-12)16(18)15-9(2)10(3)20-11(15)4/h6-11,15-16H,5H2,1-4H3. The smallest absolute Gasteiger partial charge is 0.120 e. The summed E-state index contributed by atoms with van der Waals surface area (Å²) in [5, 5.41) is -0.0602. The molecule has 0 bridgehead atoms. The second-order valence-electron chi connectivity index (χ2n) is 5.50. The zero-order chi connectivity index (χ0) is 14.9. The first-order chi connectivity index (χ1) is 9.45. The van der Waals surface area contributed by atoms with Gasteiger partial charge in [0.25, 0.3) is 0 Å². The van der Waals surface area contributed by atoms with Gasteiger partial charge in [0.1, 0.15) is 5.75 Å². The first-order valence-electron chi connectivity index (χ1n) is 7.17. The molecule has 20 heavy (non-hydrogen) atoms. The van der Waals surface area contributed by atoms with E-state index in [-0.39, 0.29) is 17.6 Å². The molecular formula is C16H22BrClO2. The fraction of sp³-hybridized carbons (Fsp3) is 0.625. The molecule has 1 saturated heterocycles. The molecule has 0 amide bonds. The number of hydrogen-bond donors (Lipinski definition) is 0. The van der Waals surface area contributed by atoms with Crippen molar-refractivity contribution in [2.75, 3.05) is 6.61 Å². The van der Waals surface area contributed by atoms with Gasteiger partial charge in [-0.1, -0.05) is 28.9 Å². The van der Waals surface area contributed by atoms with Crippen LogP contribution in [0.15, 0.2) is 22.7 Å². The maximum Gasteiger partial charge on any atom is 0.120 e. The molecule has 5 atom stereocenters. The van der Waals surface area contributed by atoms with Gasteiger partial charge in [-0.2, -0.15) is 0 Å². The van der Waals surface area contributed by atoms with E-state index in [2.05, 4.69) is 42.8 Å². The second-order valence-corrected chi connectivity index (χ2v) is 6.83. The molecule has 0 saturated carbocycles. The molecule has 1 aromatic rings. The quantitative estimate of drug-likeness (QED) is 0.687. The predicted molar refractivity (Wildman–Crippen MR) is 86.6 cm³/mol. The lowest BCUT2D eigenvalue weighted by Crippen LogP contribution is -2.22. The molecule has 1 aliphatic heterocycles. The lowest BCUT2D eigenvalue weighted by molar-refractivity contribution is 0.0508. The highest BCUT2D eigenvalue weighted by Gasteiger charge is 2.41. The van der Waals surface area contributed by atoms with Crippen molar-refractivity contribution < 1.29 is 9.47 Å². The summed E-state index contributed by atoms with van der Waals surface area (Å²) < 4.78 is 12.4. The van der Waals surface area contributed by atoms with Crippen LogP contribution in [-0.2, 0) is 4.74 Å². The fourth-order valence-corrected chi connectivity index (χ4v) is 4.35. The first kappa shape index (κ1) is 16.1. The average molecular weight is 362 g/mol. The topological polar surface area (TPSA) is 18.5 Å². The van der Waals surface area contributed by atoms with E-state index in [1.165, 1.54) is 0 Å². The molecule has 1 heterocycles. The molecule has 0 radical (unpaired) electrons. The van der Waals surface area contributed by atoms with E-state index < -0.39 is 0 Å². The van der Waals surface area contributed by atoms with Gasteiger partial charge in [-0.15, -0.1) is 11.6 Å². The van der Waals surface area contributed by atoms with Crippen LogP contribution in [-0.4, -0.2) is 18.8 Å². The molecular weight excluding hydrogens is 340 g/mol. The van der Waals surface area contributed by atoms with Gasteiger partial charge >= 0.3 is 0 Å². The van der Waals surface area contributed by atoms with Crippen LogP contribution < -0.4 is 4.74 Å². The van der Waals surface area contributed by atoms with Crippen LogP contribution in [0.1, 0.15) is 38.6 Å². The Kier molecular flexibility index (Phi) is 5.38. The first-order valence-corrected chi connectivity index (χ1v) is 8.40. The van der Waals surface area contributed by atoms with E-state index >= 15 is 0 Å². The Morgan fingerprint density at radius 3 is 2.50 bits per heavy atom. The largest absolute Gasteiger partial charge is 0.494 e. The Morgan fingerprint density at radius 2 is 2.00 bits per heavy atom. The summed E-state index contributed by atoms with van der Waals surface area (Å²) in [6, 6.07) is 6.02. The molecule has 0 N–H and O–H groups in total. The number of alkyl halides is 1. The zero-order valence-corrected chi connectivity index (χ0v) is 14.7. The van der Waals surface area contributed by atoms with Crippen molar-refractivity contribution in [1.82, 2.24) is 0 Å². The Labute approximate surface area is 134 Å². The van der Waals surface area contributed by atoms with Gasteiger partial charge in [0, 0.05) is 10.4 Å². The van der Waals surface area contributed by atoms with Gasteiger partial charge in [-0.05, 0) is 44.4 Å². The zero-order valence-electron chi connectivity index (χ0n) is 12.4. The van der Waals surface area contributed by atoms with Gasteiger partial charge in [0.15, 0.2) is 0 Å². The second kappa shape index (κ2) is 6.67. The van der Waals surface area contributed by atoms with Crippen molar-refractivity contribution in [3.63, 3.8) is 0 Å². The number of ether oxygens (including phenoxy) is 2. The van der Waals surface area contributed by atoms with Gasteiger partial charge < -0.3 is 9.47 Å². The molecule has 0 aliphatic carbocycles. The summed E-state index contributed by atoms with van der Waals surface area (Å²) in [7, 11) is 0. The van der Waals surface area contributed by atoms with Crippen LogP contribution in [0.5, 0.6) is 5.75 Å². The minimum Gasteiger partial charge on any atom is -0.494 e. The van der Waals surface area contributed by atoms with E-state index in [0.717, 1.165) is 15.8 Å². The summed E-state index contributed by atoms with van der Waals surface area (Å²) >= 11 is 10.4. The van der Waals surface area contributed by atoms with E-state index in [0.29, 0.717) is 18.4 Å². The Hall–Kier alpha value is -0.250. The Bertz CT molecular complexity index is 466. The monoisotopic (exact) mass is 360 g/mol. The van der Waals surface area contributed by atoms with Gasteiger partial charge in [-0.3, -0.25) is 0 Å². The third kappa shape index (κ3) is 3.15. The van der Waals surface area contributed by atoms with Crippen LogP contribution in [0, 0.1) is 11.8 Å². The van der Waals surface area contributed by atoms with Crippen molar-refractivity contribution in [3.8, 4) is 5.75 Å². The Balaban J connectivity index is 2.22. The summed E-state index contributed by atoms with van der Waals surface area (Å²) in [5.74, 6) is 1.64. The van der Waals surface area contributed by atoms with E-state index in [9.17, 15) is 0 Å². The molecule has 0 spiro atoms. The number of benzene rings is 1. The highest BCUT2D eigenvalue weighted by Crippen LogP contribution is 2.46. The van der Waals surface area contributed by atoms with Crippen LogP contribution in [0.3, 0.4) is 0 Å². The number of rotatable bonds is 4. The molecule has 5 unspecified atom stereocenters. The summed E-state index contributed by atoms with van der Waals surface area (Å²) in [4.78, 5) is 0. The normalized spacial score (nSPS) is 31.3. The molecule has 1 aromatic carbocycles. The lowest BCUT2D eigenvalue weighted by Gasteiger charge is -2.25. The maximum absolute atomic E-state index is 6.75. The van der Waals surface area contributed by atoms with E-state index in [1.54, 1.807) is 0 Å². The summed E-state index contributed by atoms with van der Waals surface area (Å²) in [6.45, 7) is 9.10. The molecule has 1 aliphatic rings. The molecule has 2 nitrogen and oxygen atoms in total. The molecule has 0 aromatic heterocycles. The van der Waals surface area contributed by atoms with Crippen LogP contribution in [0.25, 0.3) is 0 Å². The molecule has 112 valence electrons. The van der Waals surface area contributed by atoms with Crippen LogP contribution >= 0.6 is 27.5 Å². The highest BCUT2D eigenvalue weighted by atomic mass is 79.9. The van der Waals surface area contributed by atoms with Crippen LogP contribution in [0.2, 0.25) is 0 Å². The van der Waals surface area contributed by atoms with Gasteiger partial charge in [0.05, 0.1) is 24.2 Å². The van der Waals surface area contributed by atoms with E-state index in [1.807, 2.05) is 19.1 Å². The van der Waals surface area contributed by atoms with Crippen LogP contribution in [0.4, 0.5) is 0 Å². The molecule has 2 rings (SSSR count). The van der Waals surface area contributed by atoms with Crippen molar-refractivity contribution >= 4 is 27.5 Å². The average Bonchev–Trinajstić information content (AvgIpc) is 2.63. The number of hydrogen-bond acceptors (Lipinski definition) is 2. The minimum absolute atomic E-state index is 0.0602. The maximum atomic E-state index is 6.75. The summed E-state index contributed by atoms with van der Waals surface area (Å²) in [6.07, 6.45) is 0.443. The van der Waals surface area contributed by atoms with Crippen molar-refractivity contribution in [3.05, 3.63) is 28.2 Å². The molecule has 1 fully saturated rings. The highest BCUT2D eigenvalue weighted by molar-refractivity contribution is 9.10.